The fraction of sp³-hybridized carbons (Fsp3) is 0.611. The van der Waals surface area contributed by atoms with E-state index in [4.69, 9.17) is 0 Å². The van der Waals surface area contributed by atoms with Crippen LogP contribution in [0.2, 0.25) is 0 Å². The summed E-state index contributed by atoms with van der Waals surface area (Å²) in [5, 5.41) is 6.44. The normalized spacial score (nSPS) is 21.1. The quantitative estimate of drug-likeness (QED) is 0.810. The first-order valence-electron chi connectivity index (χ1n) is 8.11. The van der Waals surface area contributed by atoms with Gasteiger partial charge in [0.05, 0.1) is 0 Å². The van der Waals surface area contributed by atoms with Gasteiger partial charge < -0.3 is 10.6 Å². The fourth-order valence-electron chi connectivity index (χ4n) is 2.78. The molecule has 1 aliphatic carbocycles. The lowest BCUT2D eigenvalue weighted by atomic mass is 9.75. The third kappa shape index (κ3) is 5.16. The van der Waals surface area contributed by atoms with Crippen LogP contribution in [0.25, 0.3) is 0 Å². The summed E-state index contributed by atoms with van der Waals surface area (Å²) in [5.41, 5.74) is 2.80. The van der Waals surface area contributed by atoms with Gasteiger partial charge in [-0.15, -0.1) is 0 Å². The van der Waals surface area contributed by atoms with Crippen LogP contribution in [0.5, 0.6) is 0 Å². The van der Waals surface area contributed by atoms with Crippen molar-refractivity contribution in [1.29, 1.82) is 0 Å². The molecule has 2 N–H and O–H groups in total. The summed E-state index contributed by atoms with van der Waals surface area (Å²) in [6.45, 7) is 7.93. The number of hydrogen-bond donors (Lipinski definition) is 2. The predicted molar refractivity (Wildman–Crippen MR) is 87.4 cm³/mol. The number of hydrogen-bond acceptors (Lipinski definition) is 2. The van der Waals surface area contributed by atoms with Crippen LogP contribution < -0.4 is 10.6 Å². The molecule has 0 spiro atoms. The van der Waals surface area contributed by atoms with Crippen molar-refractivity contribution in [2.45, 2.75) is 52.0 Å². The molecule has 116 valence electrons. The zero-order chi connectivity index (χ0) is 15.2. The summed E-state index contributed by atoms with van der Waals surface area (Å²) < 4.78 is 0. The van der Waals surface area contributed by atoms with Crippen molar-refractivity contribution >= 4 is 5.91 Å². The van der Waals surface area contributed by atoms with Gasteiger partial charge in [-0.3, -0.25) is 4.79 Å². The molecule has 0 radical (unpaired) electrons. The topological polar surface area (TPSA) is 41.1 Å². The molecule has 0 unspecified atom stereocenters. The zero-order valence-electron chi connectivity index (χ0n) is 13.5. The molecule has 0 bridgehead atoms. The third-order valence-corrected chi connectivity index (χ3v) is 4.14. The molecule has 1 aliphatic rings. The van der Waals surface area contributed by atoms with Crippen molar-refractivity contribution in [2.24, 2.45) is 5.92 Å². The molecule has 3 heteroatoms. The van der Waals surface area contributed by atoms with Crippen LogP contribution in [-0.4, -0.2) is 25.0 Å². The number of carbonyl (C=O) groups excluding carboxylic acids is 1. The van der Waals surface area contributed by atoms with Gasteiger partial charge in [0.2, 0.25) is 5.91 Å². The molecule has 1 fully saturated rings. The maximum Gasteiger partial charge on any atom is 0.221 e. The van der Waals surface area contributed by atoms with E-state index in [9.17, 15) is 4.79 Å². The molecule has 1 aromatic rings. The highest BCUT2D eigenvalue weighted by Gasteiger charge is 2.29. The van der Waals surface area contributed by atoms with E-state index in [1.807, 2.05) is 0 Å². The highest BCUT2D eigenvalue weighted by atomic mass is 16.1. The Labute approximate surface area is 128 Å². The van der Waals surface area contributed by atoms with E-state index >= 15 is 0 Å². The first kappa shape index (κ1) is 16.0. The van der Waals surface area contributed by atoms with Crippen molar-refractivity contribution in [3.63, 3.8) is 0 Å². The maximum atomic E-state index is 11.6. The smallest absolute Gasteiger partial charge is 0.221 e. The molecular weight excluding hydrogens is 260 g/mol. The van der Waals surface area contributed by atoms with Crippen molar-refractivity contribution in [3.05, 3.63) is 35.4 Å². The number of carbonyl (C=O) groups is 1. The second-order valence-corrected chi connectivity index (χ2v) is 6.68. The van der Waals surface area contributed by atoms with E-state index in [1.165, 1.54) is 24.0 Å². The lowest BCUT2D eigenvalue weighted by molar-refractivity contribution is -0.121. The van der Waals surface area contributed by atoms with Crippen LogP contribution in [0.15, 0.2) is 24.3 Å². The minimum Gasteiger partial charge on any atom is -0.356 e. The minimum atomic E-state index is 0.158. The molecule has 0 aromatic heterocycles. The Morgan fingerprint density at radius 1 is 1.33 bits per heavy atom. The minimum absolute atomic E-state index is 0.158. The Morgan fingerprint density at radius 3 is 2.76 bits per heavy atom. The molecule has 0 saturated heterocycles. The molecule has 3 nitrogen and oxygen atoms in total. The average molecular weight is 288 g/mol. The molecular formula is C18H28N2O. The van der Waals surface area contributed by atoms with Crippen LogP contribution in [0, 0.1) is 12.8 Å². The van der Waals surface area contributed by atoms with Crippen molar-refractivity contribution < 1.29 is 4.79 Å². The van der Waals surface area contributed by atoms with Gasteiger partial charge in [0, 0.05) is 25.6 Å². The molecule has 0 atom stereocenters. The first-order chi connectivity index (χ1) is 10.0. The Hall–Kier alpha value is -1.35. The Morgan fingerprint density at radius 2 is 2.10 bits per heavy atom. The molecule has 21 heavy (non-hydrogen) atoms. The summed E-state index contributed by atoms with van der Waals surface area (Å²) in [5.74, 6) is 1.37. The molecule has 1 aromatic carbocycles. The van der Waals surface area contributed by atoms with Crippen LogP contribution in [0.3, 0.4) is 0 Å². The van der Waals surface area contributed by atoms with E-state index in [0.29, 0.717) is 24.3 Å². The first-order valence-corrected chi connectivity index (χ1v) is 8.11. The van der Waals surface area contributed by atoms with Crippen LogP contribution in [0.1, 0.15) is 50.2 Å². The maximum absolute atomic E-state index is 11.6. The van der Waals surface area contributed by atoms with E-state index in [-0.39, 0.29) is 5.91 Å². The second-order valence-electron chi connectivity index (χ2n) is 6.68. The molecule has 0 aliphatic heterocycles. The number of nitrogens with one attached hydrogen (secondary N) is 2. The summed E-state index contributed by atoms with van der Waals surface area (Å²) in [7, 11) is 0. The van der Waals surface area contributed by atoms with Crippen LogP contribution in [-0.2, 0) is 4.79 Å². The summed E-state index contributed by atoms with van der Waals surface area (Å²) in [4.78, 5) is 11.6. The van der Waals surface area contributed by atoms with E-state index in [1.54, 1.807) is 0 Å². The highest BCUT2D eigenvalue weighted by Crippen LogP contribution is 2.36. The zero-order valence-corrected chi connectivity index (χ0v) is 13.5. The van der Waals surface area contributed by atoms with Gasteiger partial charge in [0.15, 0.2) is 0 Å². The monoisotopic (exact) mass is 288 g/mol. The van der Waals surface area contributed by atoms with Crippen LogP contribution >= 0.6 is 0 Å². The highest BCUT2D eigenvalue weighted by molar-refractivity contribution is 5.76. The van der Waals surface area contributed by atoms with Gasteiger partial charge in [-0.2, -0.15) is 0 Å². The fourth-order valence-corrected chi connectivity index (χ4v) is 2.78. The number of rotatable bonds is 7. The van der Waals surface area contributed by atoms with Crippen LogP contribution in [0.4, 0.5) is 0 Å². The average Bonchev–Trinajstić information content (AvgIpc) is 2.39. The largest absolute Gasteiger partial charge is 0.356 e. The predicted octanol–water partition coefficient (Wildman–Crippen LogP) is 2.99. The lowest BCUT2D eigenvalue weighted by Crippen LogP contribution is -2.41. The summed E-state index contributed by atoms with van der Waals surface area (Å²) in [6.07, 6.45) is 2.96. The standard InChI is InChI=1S/C18H28N2O/c1-13(2)12-20-18(21)7-8-19-17-10-16(11-17)15-6-4-5-14(3)9-15/h4-6,9,13,16-17,19H,7-8,10-12H2,1-3H3,(H,20,21). The van der Waals surface area contributed by atoms with Gasteiger partial charge in [-0.25, -0.2) is 0 Å². The molecule has 2 rings (SSSR count). The van der Waals surface area contributed by atoms with Crippen molar-refractivity contribution in [2.75, 3.05) is 13.1 Å². The Bertz CT molecular complexity index is 464. The van der Waals surface area contributed by atoms with Gasteiger partial charge in [-0.05, 0) is 37.2 Å². The summed E-state index contributed by atoms with van der Waals surface area (Å²) in [6, 6.07) is 9.39. The Balaban J connectivity index is 1.59. The number of amides is 1. The molecule has 1 amide bonds. The van der Waals surface area contributed by atoms with E-state index < -0.39 is 0 Å². The van der Waals surface area contributed by atoms with E-state index in [2.05, 4.69) is 55.7 Å². The second kappa shape index (κ2) is 7.60. The number of benzene rings is 1. The van der Waals surface area contributed by atoms with Crippen molar-refractivity contribution in [1.82, 2.24) is 10.6 Å². The number of aryl methyl sites for hydroxylation is 1. The van der Waals surface area contributed by atoms with Crippen molar-refractivity contribution in [3.8, 4) is 0 Å². The molecule has 1 saturated carbocycles. The van der Waals surface area contributed by atoms with Gasteiger partial charge in [0.1, 0.15) is 0 Å². The Kier molecular flexibility index (Phi) is 5.80. The van der Waals surface area contributed by atoms with E-state index in [0.717, 1.165) is 13.1 Å². The third-order valence-electron chi connectivity index (χ3n) is 4.14. The van der Waals surface area contributed by atoms with Gasteiger partial charge in [-0.1, -0.05) is 43.7 Å². The lowest BCUT2D eigenvalue weighted by Gasteiger charge is -2.36. The van der Waals surface area contributed by atoms with Gasteiger partial charge >= 0.3 is 0 Å². The molecule has 0 heterocycles. The van der Waals surface area contributed by atoms with Gasteiger partial charge in [0.25, 0.3) is 0 Å². The summed E-state index contributed by atoms with van der Waals surface area (Å²) >= 11 is 0. The SMILES string of the molecule is Cc1cccc(C2CC(NCCC(=O)NCC(C)C)C2)c1.